The quantitative estimate of drug-likeness (QED) is 0.636. The lowest BCUT2D eigenvalue weighted by molar-refractivity contribution is -0.137. The summed E-state index contributed by atoms with van der Waals surface area (Å²) in [4.78, 5) is 23.2. The highest BCUT2D eigenvalue weighted by Crippen LogP contribution is 2.30. The van der Waals surface area contributed by atoms with Crippen molar-refractivity contribution in [1.82, 2.24) is 5.32 Å². The molecule has 0 aromatic heterocycles. The van der Waals surface area contributed by atoms with Crippen LogP contribution in [0.25, 0.3) is 0 Å². The van der Waals surface area contributed by atoms with Crippen molar-refractivity contribution in [2.24, 2.45) is 5.92 Å². The molecule has 1 fully saturated rings. The smallest absolute Gasteiger partial charge is 0.407 e. The summed E-state index contributed by atoms with van der Waals surface area (Å²) < 4.78 is 10.2. The fraction of sp³-hybridized carbons (Fsp3) is 0.765. The third-order valence-electron chi connectivity index (χ3n) is 3.72. The first kappa shape index (κ1) is 18.5. The number of carbonyl (C=O) groups excluding carboxylic acids is 2. The maximum atomic E-state index is 11.8. The molecule has 0 saturated heterocycles. The Kier molecular flexibility index (Phi) is 6.91. The number of carbonyl (C=O) groups is 2. The molecule has 0 aromatic carbocycles. The maximum absolute atomic E-state index is 11.8. The van der Waals surface area contributed by atoms with E-state index < -0.39 is 5.60 Å². The van der Waals surface area contributed by atoms with Crippen molar-refractivity contribution in [2.75, 3.05) is 6.61 Å². The first-order chi connectivity index (χ1) is 10.2. The Bertz CT molecular complexity index is 415. The molecule has 5 nitrogen and oxygen atoms in total. The van der Waals surface area contributed by atoms with Crippen molar-refractivity contribution in [1.29, 1.82) is 0 Å². The average Bonchev–Trinajstić information content (AvgIpc) is 2.37. The van der Waals surface area contributed by atoms with Crippen LogP contribution in [-0.4, -0.2) is 30.3 Å². The van der Waals surface area contributed by atoms with Crippen LogP contribution in [-0.2, 0) is 14.3 Å². The topological polar surface area (TPSA) is 64.6 Å². The lowest BCUT2D eigenvalue weighted by Gasteiger charge is -2.30. The molecule has 1 amide bonds. The summed E-state index contributed by atoms with van der Waals surface area (Å²) in [6, 6.07) is 0.154. The molecule has 1 saturated carbocycles. The van der Waals surface area contributed by atoms with Crippen LogP contribution >= 0.6 is 0 Å². The van der Waals surface area contributed by atoms with Gasteiger partial charge in [0.15, 0.2) is 0 Å². The van der Waals surface area contributed by atoms with Gasteiger partial charge in [-0.2, -0.15) is 0 Å². The predicted molar refractivity (Wildman–Crippen MR) is 85.5 cm³/mol. The Morgan fingerprint density at radius 1 is 1.18 bits per heavy atom. The average molecular weight is 311 g/mol. The SMILES string of the molecule is CCOC(=O)/C=C(\C)[C@H]1CC[C@H](NC(=O)OC(C)(C)C)CC1. The van der Waals surface area contributed by atoms with Crippen molar-refractivity contribution in [3.05, 3.63) is 11.6 Å². The van der Waals surface area contributed by atoms with Crippen molar-refractivity contribution in [3.8, 4) is 0 Å². The lowest BCUT2D eigenvalue weighted by Crippen LogP contribution is -2.41. The molecule has 1 aliphatic rings. The molecule has 0 atom stereocenters. The van der Waals surface area contributed by atoms with Crippen LogP contribution in [0.3, 0.4) is 0 Å². The van der Waals surface area contributed by atoms with Gasteiger partial charge in [0.1, 0.15) is 5.60 Å². The van der Waals surface area contributed by atoms with Gasteiger partial charge < -0.3 is 14.8 Å². The van der Waals surface area contributed by atoms with E-state index in [0.717, 1.165) is 31.3 Å². The van der Waals surface area contributed by atoms with Crippen molar-refractivity contribution >= 4 is 12.1 Å². The Labute approximate surface area is 133 Å². The number of hydrogen-bond acceptors (Lipinski definition) is 4. The van der Waals surface area contributed by atoms with E-state index in [1.807, 2.05) is 27.7 Å². The third kappa shape index (κ3) is 6.96. The van der Waals surface area contributed by atoms with Gasteiger partial charge in [0.05, 0.1) is 6.61 Å². The summed E-state index contributed by atoms with van der Waals surface area (Å²) >= 11 is 0. The Morgan fingerprint density at radius 2 is 1.77 bits per heavy atom. The fourth-order valence-corrected chi connectivity index (χ4v) is 2.65. The van der Waals surface area contributed by atoms with Crippen molar-refractivity contribution in [3.63, 3.8) is 0 Å². The second kappa shape index (κ2) is 8.20. The molecular weight excluding hydrogens is 282 g/mol. The van der Waals surface area contributed by atoms with Crippen LogP contribution in [0, 0.1) is 5.92 Å². The van der Waals surface area contributed by atoms with Gasteiger partial charge in [0, 0.05) is 12.1 Å². The lowest BCUT2D eigenvalue weighted by atomic mass is 9.82. The van der Waals surface area contributed by atoms with E-state index in [1.54, 1.807) is 13.0 Å². The number of nitrogens with one attached hydrogen (secondary N) is 1. The number of hydrogen-bond donors (Lipinski definition) is 1. The maximum Gasteiger partial charge on any atom is 0.407 e. The van der Waals surface area contributed by atoms with Gasteiger partial charge in [-0.1, -0.05) is 5.57 Å². The van der Waals surface area contributed by atoms with E-state index in [0.29, 0.717) is 12.5 Å². The van der Waals surface area contributed by atoms with E-state index in [2.05, 4.69) is 5.32 Å². The molecule has 0 bridgehead atoms. The van der Waals surface area contributed by atoms with Crippen LogP contribution < -0.4 is 5.32 Å². The highest BCUT2D eigenvalue weighted by atomic mass is 16.6. The first-order valence-corrected chi connectivity index (χ1v) is 8.05. The summed E-state index contributed by atoms with van der Waals surface area (Å²) in [6.07, 6.45) is 4.96. The Morgan fingerprint density at radius 3 is 2.27 bits per heavy atom. The number of ether oxygens (including phenoxy) is 2. The summed E-state index contributed by atoms with van der Waals surface area (Å²) in [5, 5.41) is 2.92. The van der Waals surface area contributed by atoms with Crippen LogP contribution in [0.1, 0.15) is 60.3 Å². The van der Waals surface area contributed by atoms with E-state index >= 15 is 0 Å². The molecule has 126 valence electrons. The molecule has 0 heterocycles. The van der Waals surface area contributed by atoms with E-state index in [1.165, 1.54) is 0 Å². The third-order valence-corrected chi connectivity index (χ3v) is 3.72. The van der Waals surface area contributed by atoms with Gasteiger partial charge in [-0.15, -0.1) is 0 Å². The van der Waals surface area contributed by atoms with E-state index in [9.17, 15) is 9.59 Å². The summed E-state index contributed by atoms with van der Waals surface area (Å²) in [7, 11) is 0. The van der Waals surface area contributed by atoms with Crippen LogP contribution in [0.4, 0.5) is 4.79 Å². The molecule has 0 unspecified atom stereocenters. The fourth-order valence-electron chi connectivity index (χ4n) is 2.65. The zero-order valence-electron chi connectivity index (χ0n) is 14.4. The van der Waals surface area contributed by atoms with Crippen LogP contribution in [0.5, 0.6) is 0 Å². The van der Waals surface area contributed by atoms with Gasteiger partial charge in [-0.3, -0.25) is 0 Å². The highest BCUT2D eigenvalue weighted by molar-refractivity contribution is 5.82. The minimum absolute atomic E-state index is 0.154. The Hall–Kier alpha value is -1.52. The molecule has 5 heteroatoms. The summed E-state index contributed by atoms with van der Waals surface area (Å²) in [5.41, 5.74) is 0.592. The van der Waals surface area contributed by atoms with E-state index in [-0.39, 0.29) is 18.1 Å². The standard InChI is InChI=1S/C17H29NO4/c1-6-21-15(19)11-12(2)13-7-9-14(10-8-13)18-16(20)22-17(3,4)5/h11,13-14H,6-10H2,1-5H3,(H,18,20)/b12-11+/t13-,14-. The van der Waals surface area contributed by atoms with Gasteiger partial charge in [-0.05, 0) is 66.2 Å². The second-order valence-electron chi connectivity index (χ2n) is 6.84. The first-order valence-electron chi connectivity index (χ1n) is 8.05. The predicted octanol–water partition coefficient (Wildman–Crippen LogP) is 3.58. The van der Waals surface area contributed by atoms with Crippen LogP contribution in [0.15, 0.2) is 11.6 Å². The highest BCUT2D eigenvalue weighted by Gasteiger charge is 2.25. The summed E-state index contributed by atoms with van der Waals surface area (Å²) in [5.74, 6) is 0.120. The summed E-state index contributed by atoms with van der Waals surface area (Å²) in [6.45, 7) is 9.74. The van der Waals surface area contributed by atoms with Crippen molar-refractivity contribution in [2.45, 2.75) is 71.9 Å². The Balaban J connectivity index is 2.40. The molecule has 1 aliphatic carbocycles. The largest absolute Gasteiger partial charge is 0.463 e. The molecule has 0 aliphatic heterocycles. The molecule has 1 N–H and O–H groups in total. The molecular formula is C17H29NO4. The zero-order chi connectivity index (χ0) is 16.8. The number of esters is 1. The van der Waals surface area contributed by atoms with Gasteiger partial charge in [0.25, 0.3) is 0 Å². The van der Waals surface area contributed by atoms with Gasteiger partial charge in [0.2, 0.25) is 0 Å². The molecule has 0 spiro atoms. The second-order valence-corrected chi connectivity index (χ2v) is 6.84. The monoisotopic (exact) mass is 311 g/mol. The number of allylic oxidation sites excluding steroid dienone is 1. The molecule has 0 aromatic rings. The van der Waals surface area contributed by atoms with Gasteiger partial charge >= 0.3 is 12.1 Å². The minimum atomic E-state index is -0.472. The molecule has 0 radical (unpaired) electrons. The van der Waals surface area contributed by atoms with Gasteiger partial charge in [-0.25, -0.2) is 9.59 Å². The zero-order valence-corrected chi connectivity index (χ0v) is 14.4. The molecule has 22 heavy (non-hydrogen) atoms. The molecule has 1 rings (SSSR count). The number of rotatable bonds is 4. The number of amides is 1. The minimum Gasteiger partial charge on any atom is -0.463 e. The van der Waals surface area contributed by atoms with Crippen molar-refractivity contribution < 1.29 is 19.1 Å². The van der Waals surface area contributed by atoms with E-state index in [4.69, 9.17) is 9.47 Å². The number of alkyl carbamates (subject to hydrolysis) is 1. The normalized spacial score (nSPS) is 22.9. The van der Waals surface area contributed by atoms with Crippen LogP contribution in [0.2, 0.25) is 0 Å².